The van der Waals surface area contributed by atoms with Gasteiger partial charge >= 0.3 is 6.09 Å². The fourth-order valence-electron chi connectivity index (χ4n) is 4.57. The molecule has 12 heteroatoms. The van der Waals surface area contributed by atoms with Crippen LogP contribution in [0.1, 0.15) is 55.1 Å². The Balaban J connectivity index is 1.74. The maximum Gasteiger partial charge on any atom is 0.410 e. The van der Waals surface area contributed by atoms with Crippen LogP contribution in [-0.4, -0.2) is 60.6 Å². The molecule has 6 N–H and O–H groups in total. The number of ether oxygens (including phenoxy) is 1. The van der Waals surface area contributed by atoms with Crippen molar-refractivity contribution >= 4 is 40.7 Å². The Morgan fingerprint density at radius 2 is 1.92 bits per heavy atom. The molecule has 4 rings (SSSR count). The lowest BCUT2D eigenvalue weighted by Gasteiger charge is -2.27. The van der Waals surface area contributed by atoms with E-state index in [0.29, 0.717) is 36.0 Å². The van der Waals surface area contributed by atoms with Gasteiger partial charge in [-0.3, -0.25) is 24.4 Å². The Hall–Kier alpha value is -4.35. The second-order valence-corrected chi connectivity index (χ2v) is 10.1. The third-order valence-electron chi connectivity index (χ3n) is 6.24. The number of nitrogens with two attached hydrogens (primary N) is 2. The van der Waals surface area contributed by atoms with Crippen molar-refractivity contribution in [1.29, 1.82) is 0 Å². The summed E-state index contributed by atoms with van der Waals surface area (Å²) in [5.41, 5.74) is 13.3. The fourth-order valence-corrected chi connectivity index (χ4v) is 4.57. The molecule has 37 heavy (non-hydrogen) atoms. The second kappa shape index (κ2) is 9.26. The normalized spacial score (nSPS) is 15.7. The van der Waals surface area contributed by atoms with Gasteiger partial charge in [-0.2, -0.15) is 4.98 Å². The van der Waals surface area contributed by atoms with E-state index < -0.39 is 29.6 Å². The number of hydrogen-bond acceptors (Lipinski definition) is 8. The highest BCUT2D eigenvalue weighted by Gasteiger charge is 2.37. The Kier molecular flexibility index (Phi) is 6.44. The molecule has 1 atom stereocenters. The third-order valence-corrected chi connectivity index (χ3v) is 6.24. The molecule has 2 aromatic heterocycles. The van der Waals surface area contributed by atoms with Crippen LogP contribution < -0.4 is 16.8 Å². The summed E-state index contributed by atoms with van der Waals surface area (Å²) in [6.07, 6.45) is 1.90. The van der Waals surface area contributed by atoms with E-state index in [2.05, 4.69) is 15.3 Å². The number of anilines is 2. The van der Waals surface area contributed by atoms with Gasteiger partial charge in [-0.25, -0.2) is 9.78 Å². The number of nitrogen functional groups attached to an aromatic ring is 1. The van der Waals surface area contributed by atoms with Gasteiger partial charge in [0.25, 0.3) is 5.91 Å². The average Bonchev–Trinajstić information content (AvgIpc) is 3.39. The van der Waals surface area contributed by atoms with E-state index in [4.69, 9.17) is 16.2 Å². The van der Waals surface area contributed by atoms with Crippen LogP contribution >= 0.6 is 0 Å². The van der Waals surface area contributed by atoms with Crippen molar-refractivity contribution in [3.63, 3.8) is 0 Å². The van der Waals surface area contributed by atoms with Crippen molar-refractivity contribution in [2.75, 3.05) is 17.6 Å². The minimum atomic E-state index is -0.768. The highest BCUT2D eigenvalue weighted by atomic mass is 16.6. The first kappa shape index (κ1) is 25.7. The maximum absolute atomic E-state index is 13.1. The molecule has 3 amide bonds. The van der Waals surface area contributed by atoms with Gasteiger partial charge in [0.1, 0.15) is 23.2 Å². The van der Waals surface area contributed by atoms with Crippen LogP contribution in [0.25, 0.3) is 16.7 Å². The molecule has 3 heterocycles. The first-order valence-corrected chi connectivity index (χ1v) is 11.9. The molecule has 0 bridgehead atoms. The number of aromatic nitrogens is 3. The molecule has 1 fully saturated rings. The number of aryl methyl sites for hydroxylation is 1. The van der Waals surface area contributed by atoms with Crippen molar-refractivity contribution in [3.8, 4) is 11.4 Å². The van der Waals surface area contributed by atoms with Gasteiger partial charge < -0.3 is 21.3 Å². The molecular weight excluding hydrogens is 478 g/mol. The smallest absolute Gasteiger partial charge is 0.410 e. The van der Waals surface area contributed by atoms with Gasteiger partial charge in [0.15, 0.2) is 5.65 Å². The van der Waals surface area contributed by atoms with Crippen molar-refractivity contribution in [2.45, 2.75) is 59.1 Å². The quantitative estimate of drug-likeness (QED) is 0.414. The predicted molar refractivity (Wildman–Crippen MR) is 138 cm³/mol. The summed E-state index contributed by atoms with van der Waals surface area (Å²) < 4.78 is 6.95. The number of fused-ring (bicyclic) bond motifs is 1. The van der Waals surface area contributed by atoms with Crippen molar-refractivity contribution in [2.24, 2.45) is 5.73 Å². The molecule has 1 aliphatic heterocycles. The molecule has 1 aromatic carbocycles. The molecule has 1 saturated heterocycles. The number of rotatable bonds is 4. The van der Waals surface area contributed by atoms with Crippen LogP contribution in [0.15, 0.2) is 18.3 Å². The summed E-state index contributed by atoms with van der Waals surface area (Å²) in [6, 6.07) is 2.52. The van der Waals surface area contributed by atoms with Crippen LogP contribution in [0.5, 0.6) is 5.75 Å². The standard InChI is InChI=1S/C25H31N7O5/c1-12-8-9-16(33)13(2)18(12)32-19(26)17(20(27)34)14-11-28-23(29-21(14)32)30-22(35)15-7-6-10-31(15)24(36)37-25(3,4)5/h8-9,11,15,33H,6-7,10,26H2,1-5H3,(H2,27,34)(H,28,29,30,35)/t15-/m0/s1. The highest BCUT2D eigenvalue weighted by Crippen LogP contribution is 2.35. The van der Waals surface area contributed by atoms with Gasteiger partial charge in [0, 0.05) is 18.3 Å². The zero-order valence-electron chi connectivity index (χ0n) is 21.5. The van der Waals surface area contributed by atoms with E-state index in [-0.39, 0.29) is 28.7 Å². The van der Waals surface area contributed by atoms with Crippen LogP contribution in [0.4, 0.5) is 16.6 Å². The van der Waals surface area contributed by atoms with Crippen LogP contribution in [0.3, 0.4) is 0 Å². The molecule has 3 aromatic rings. The first-order valence-electron chi connectivity index (χ1n) is 11.9. The molecule has 0 aliphatic carbocycles. The number of benzene rings is 1. The van der Waals surface area contributed by atoms with Crippen molar-refractivity contribution in [3.05, 3.63) is 35.0 Å². The number of aromatic hydroxyl groups is 1. The number of phenols is 1. The van der Waals surface area contributed by atoms with E-state index in [1.165, 1.54) is 15.7 Å². The highest BCUT2D eigenvalue weighted by molar-refractivity contribution is 6.11. The summed E-state index contributed by atoms with van der Waals surface area (Å²) in [5, 5.41) is 13.3. The first-order chi connectivity index (χ1) is 17.3. The Morgan fingerprint density at radius 1 is 1.22 bits per heavy atom. The molecule has 0 radical (unpaired) electrons. The Bertz CT molecular complexity index is 1420. The molecule has 0 spiro atoms. The summed E-state index contributed by atoms with van der Waals surface area (Å²) in [7, 11) is 0. The summed E-state index contributed by atoms with van der Waals surface area (Å²) in [5.74, 6) is -1.21. The zero-order chi connectivity index (χ0) is 27.2. The predicted octanol–water partition coefficient (Wildman–Crippen LogP) is 2.76. The largest absolute Gasteiger partial charge is 0.508 e. The minimum Gasteiger partial charge on any atom is -0.508 e. The number of carbonyl (C=O) groups excluding carboxylic acids is 3. The summed E-state index contributed by atoms with van der Waals surface area (Å²) >= 11 is 0. The van der Waals surface area contributed by atoms with Crippen LogP contribution in [-0.2, 0) is 9.53 Å². The van der Waals surface area contributed by atoms with Gasteiger partial charge in [-0.15, -0.1) is 0 Å². The maximum atomic E-state index is 13.1. The monoisotopic (exact) mass is 509 g/mol. The lowest BCUT2D eigenvalue weighted by Crippen LogP contribution is -2.45. The van der Waals surface area contributed by atoms with E-state index >= 15 is 0 Å². The number of hydrogen-bond donors (Lipinski definition) is 4. The molecule has 0 saturated carbocycles. The third kappa shape index (κ3) is 4.74. The van der Waals surface area contributed by atoms with Gasteiger partial charge in [-0.1, -0.05) is 6.07 Å². The van der Waals surface area contributed by atoms with E-state index in [0.717, 1.165) is 5.56 Å². The number of phenolic OH excluding ortho intramolecular Hbond substituents is 1. The number of amides is 3. The van der Waals surface area contributed by atoms with Crippen molar-refractivity contribution in [1.82, 2.24) is 19.4 Å². The number of carbonyl (C=O) groups is 3. The number of primary amides is 1. The molecule has 196 valence electrons. The van der Waals surface area contributed by atoms with E-state index in [1.54, 1.807) is 39.8 Å². The molecule has 0 unspecified atom stereocenters. The topological polar surface area (TPSA) is 179 Å². The fraction of sp³-hybridized carbons (Fsp3) is 0.400. The van der Waals surface area contributed by atoms with Crippen LogP contribution in [0, 0.1) is 13.8 Å². The van der Waals surface area contributed by atoms with Gasteiger partial charge in [-0.05, 0) is 59.1 Å². The molecular formula is C25H31N7O5. The minimum absolute atomic E-state index is 0.0295. The lowest BCUT2D eigenvalue weighted by atomic mass is 10.1. The second-order valence-electron chi connectivity index (χ2n) is 10.1. The van der Waals surface area contributed by atoms with Crippen molar-refractivity contribution < 1.29 is 24.2 Å². The van der Waals surface area contributed by atoms with Gasteiger partial charge in [0.05, 0.1) is 16.6 Å². The molecule has 12 nitrogen and oxygen atoms in total. The summed E-state index contributed by atoms with van der Waals surface area (Å²) in [6.45, 7) is 9.21. The Morgan fingerprint density at radius 3 is 2.57 bits per heavy atom. The number of nitrogens with zero attached hydrogens (tertiary/aromatic N) is 4. The Labute approximate surface area is 213 Å². The summed E-state index contributed by atoms with van der Waals surface area (Å²) in [4.78, 5) is 48.1. The SMILES string of the molecule is Cc1ccc(O)c(C)c1-n1c(N)c(C(N)=O)c2cnc(NC(=O)[C@@H]3CCCN3C(=O)OC(C)(C)C)nc21. The lowest BCUT2D eigenvalue weighted by molar-refractivity contribution is -0.120. The van der Waals surface area contributed by atoms with E-state index in [1.807, 2.05) is 6.92 Å². The zero-order valence-corrected chi connectivity index (χ0v) is 21.5. The van der Waals surface area contributed by atoms with Crippen LogP contribution in [0.2, 0.25) is 0 Å². The van der Waals surface area contributed by atoms with E-state index in [9.17, 15) is 19.5 Å². The number of likely N-dealkylation sites (tertiary alicyclic amines) is 1. The van der Waals surface area contributed by atoms with Gasteiger partial charge in [0.2, 0.25) is 11.9 Å². The number of nitrogens with one attached hydrogen (secondary N) is 1. The average molecular weight is 510 g/mol. The molecule has 1 aliphatic rings.